The summed E-state index contributed by atoms with van der Waals surface area (Å²) in [4.78, 5) is 19.5. The molecular weight excluding hydrogens is 372 g/mol. The molecular formula is C22H22N2OS2. The van der Waals surface area contributed by atoms with Crippen molar-refractivity contribution in [2.45, 2.75) is 25.0 Å². The number of ketones is 1. The SMILES string of the molecule is CN1C(=CC(=O)CSC2=Nc3ccccc3CS2)C(C)(C)c2ccccc21. The summed E-state index contributed by atoms with van der Waals surface area (Å²) < 4.78 is 0.975. The molecule has 138 valence electrons. The van der Waals surface area contributed by atoms with Crippen molar-refractivity contribution >= 4 is 45.1 Å². The van der Waals surface area contributed by atoms with Crippen LogP contribution in [0.15, 0.2) is 65.3 Å². The highest BCUT2D eigenvalue weighted by Crippen LogP contribution is 2.46. The number of allylic oxidation sites excluding steroid dienone is 2. The van der Waals surface area contributed by atoms with Crippen LogP contribution in [0, 0.1) is 0 Å². The Morgan fingerprint density at radius 3 is 2.78 bits per heavy atom. The quantitative estimate of drug-likeness (QED) is 0.640. The van der Waals surface area contributed by atoms with Gasteiger partial charge in [0.15, 0.2) is 5.78 Å². The number of hydrogen-bond donors (Lipinski definition) is 0. The van der Waals surface area contributed by atoms with Gasteiger partial charge in [-0.15, -0.1) is 0 Å². The Labute approximate surface area is 168 Å². The summed E-state index contributed by atoms with van der Waals surface area (Å²) in [6, 6.07) is 16.6. The molecule has 0 bridgehead atoms. The Kier molecular flexibility index (Phi) is 4.91. The average molecular weight is 395 g/mol. The zero-order valence-electron chi connectivity index (χ0n) is 15.7. The number of rotatable bonds is 3. The molecule has 4 rings (SSSR count). The molecule has 0 radical (unpaired) electrons. The topological polar surface area (TPSA) is 32.7 Å². The third kappa shape index (κ3) is 3.46. The van der Waals surface area contributed by atoms with Gasteiger partial charge in [0.05, 0.1) is 11.4 Å². The molecule has 5 heteroatoms. The van der Waals surface area contributed by atoms with E-state index in [1.807, 2.05) is 37.4 Å². The number of nitrogens with zero attached hydrogens (tertiary/aromatic N) is 2. The van der Waals surface area contributed by atoms with Gasteiger partial charge in [-0.2, -0.15) is 0 Å². The van der Waals surface area contributed by atoms with Crippen molar-refractivity contribution in [3.05, 3.63) is 71.4 Å². The van der Waals surface area contributed by atoms with E-state index in [1.54, 1.807) is 11.8 Å². The van der Waals surface area contributed by atoms with Gasteiger partial charge in [-0.25, -0.2) is 4.99 Å². The van der Waals surface area contributed by atoms with E-state index in [0.717, 1.165) is 21.5 Å². The van der Waals surface area contributed by atoms with Crippen LogP contribution in [0.5, 0.6) is 0 Å². The largest absolute Gasteiger partial charge is 0.347 e. The molecule has 0 atom stereocenters. The van der Waals surface area contributed by atoms with Crippen molar-refractivity contribution in [1.82, 2.24) is 0 Å². The molecule has 0 aromatic heterocycles. The third-order valence-corrected chi connectivity index (χ3v) is 7.40. The maximum Gasteiger partial charge on any atom is 0.167 e. The molecule has 2 aliphatic heterocycles. The zero-order chi connectivity index (χ0) is 19.0. The van der Waals surface area contributed by atoms with Gasteiger partial charge in [-0.3, -0.25) is 4.79 Å². The Balaban J connectivity index is 1.48. The van der Waals surface area contributed by atoms with Crippen molar-refractivity contribution in [3.8, 4) is 0 Å². The molecule has 3 nitrogen and oxygen atoms in total. The Hall–Kier alpha value is -1.98. The lowest BCUT2D eigenvalue weighted by Crippen LogP contribution is -2.24. The monoisotopic (exact) mass is 394 g/mol. The number of likely N-dealkylation sites (N-methyl/N-ethyl adjacent to an activating group) is 1. The summed E-state index contributed by atoms with van der Waals surface area (Å²) in [6.45, 7) is 4.36. The summed E-state index contributed by atoms with van der Waals surface area (Å²) in [6.07, 6.45) is 1.81. The van der Waals surface area contributed by atoms with Gasteiger partial charge >= 0.3 is 0 Å². The standard InChI is InChI=1S/C22H22N2OS2/c1-22(2)17-9-5-7-11-19(17)24(3)20(22)12-16(25)14-27-21-23-18-10-6-4-8-15(18)13-26-21/h4-12H,13-14H2,1-3H3. The number of benzene rings is 2. The Morgan fingerprint density at radius 1 is 1.22 bits per heavy atom. The van der Waals surface area contributed by atoms with E-state index in [0.29, 0.717) is 5.75 Å². The molecule has 0 fully saturated rings. The zero-order valence-corrected chi connectivity index (χ0v) is 17.4. The van der Waals surface area contributed by atoms with Gasteiger partial charge in [0.1, 0.15) is 4.38 Å². The molecule has 0 N–H and O–H groups in total. The summed E-state index contributed by atoms with van der Waals surface area (Å²) in [5.41, 5.74) is 5.62. The van der Waals surface area contributed by atoms with Crippen molar-refractivity contribution in [3.63, 3.8) is 0 Å². The predicted molar refractivity (Wildman–Crippen MR) is 118 cm³/mol. The molecule has 0 aliphatic carbocycles. The van der Waals surface area contributed by atoms with Gasteiger partial charge < -0.3 is 4.90 Å². The highest BCUT2D eigenvalue weighted by atomic mass is 32.2. The smallest absolute Gasteiger partial charge is 0.167 e. The predicted octanol–water partition coefficient (Wildman–Crippen LogP) is 5.53. The van der Waals surface area contributed by atoms with Crippen molar-refractivity contribution in [2.75, 3.05) is 17.7 Å². The number of carbonyl (C=O) groups excluding carboxylic acids is 1. The number of fused-ring (bicyclic) bond motifs is 2. The molecule has 0 saturated carbocycles. The summed E-state index contributed by atoms with van der Waals surface area (Å²) >= 11 is 3.25. The maximum atomic E-state index is 12.7. The van der Waals surface area contributed by atoms with Crippen molar-refractivity contribution in [1.29, 1.82) is 0 Å². The second-order valence-corrected chi connectivity index (χ2v) is 9.47. The average Bonchev–Trinajstić information content (AvgIpc) is 2.87. The molecule has 2 aromatic rings. The first-order valence-corrected chi connectivity index (χ1v) is 10.9. The Morgan fingerprint density at radius 2 is 1.96 bits per heavy atom. The first kappa shape index (κ1) is 18.4. The third-order valence-electron chi connectivity index (χ3n) is 5.13. The van der Waals surface area contributed by atoms with Crippen LogP contribution in [0.25, 0.3) is 0 Å². The number of para-hydroxylation sites is 2. The summed E-state index contributed by atoms with van der Waals surface area (Å²) in [7, 11) is 2.04. The molecule has 27 heavy (non-hydrogen) atoms. The molecule has 0 spiro atoms. The van der Waals surface area contributed by atoms with Crippen LogP contribution in [0.2, 0.25) is 0 Å². The van der Waals surface area contributed by atoms with Crippen molar-refractivity contribution < 1.29 is 4.79 Å². The minimum absolute atomic E-state index is 0.130. The lowest BCUT2D eigenvalue weighted by atomic mass is 9.83. The van der Waals surface area contributed by atoms with E-state index in [4.69, 9.17) is 0 Å². The fourth-order valence-electron chi connectivity index (χ4n) is 3.67. The highest BCUT2D eigenvalue weighted by molar-refractivity contribution is 8.38. The van der Waals surface area contributed by atoms with Crippen LogP contribution in [0.1, 0.15) is 25.0 Å². The van der Waals surface area contributed by atoms with Crippen LogP contribution in [-0.4, -0.2) is 23.0 Å². The molecule has 2 aromatic carbocycles. The second-order valence-electron chi connectivity index (χ2n) is 7.28. The van der Waals surface area contributed by atoms with E-state index >= 15 is 0 Å². The van der Waals surface area contributed by atoms with Gasteiger partial charge in [-0.05, 0) is 23.3 Å². The molecule has 2 aliphatic rings. The lowest BCUT2D eigenvalue weighted by molar-refractivity contribution is -0.112. The normalized spacial score (nSPS) is 18.9. The maximum absolute atomic E-state index is 12.7. The lowest BCUT2D eigenvalue weighted by Gasteiger charge is -2.24. The van der Waals surface area contributed by atoms with E-state index in [1.165, 1.54) is 28.6 Å². The van der Waals surface area contributed by atoms with Gasteiger partial charge in [0.2, 0.25) is 0 Å². The summed E-state index contributed by atoms with van der Waals surface area (Å²) in [5.74, 6) is 1.46. The van der Waals surface area contributed by atoms with E-state index in [-0.39, 0.29) is 11.2 Å². The first-order chi connectivity index (χ1) is 13.0. The van der Waals surface area contributed by atoms with Crippen LogP contribution in [0.3, 0.4) is 0 Å². The minimum Gasteiger partial charge on any atom is -0.347 e. The number of hydrogen-bond acceptors (Lipinski definition) is 5. The first-order valence-electron chi connectivity index (χ1n) is 8.97. The van der Waals surface area contributed by atoms with E-state index in [9.17, 15) is 4.79 Å². The van der Waals surface area contributed by atoms with Crippen LogP contribution in [0.4, 0.5) is 11.4 Å². The number of thioether (sulfide) groups is 2. The van der Waals surface area contributed by atoms with Crippen LogP contribution in [-0.2, 0) is 16.0 Å². The second kappa shape index (κ2) is 7.21. The van der Waals surface area contributed by atoms with E-state index in [2.05, 4.69) is 48.0 Å². The summed E-state index contributed by atoms with van der Waals surface area (Å²) in [5, 5.41) is 0. The number of carbonyl (C=O) groups is 1. The minimum atomic E-state index is -0.165. The van der Waals surface area contributed by atoms with E-state index < -0.39 is 0 Å². The molecule has 2 heterocycles. The fourth-order valence-corrected chi connectivity index (χ4v) is 5.56. The van der Waals surface area contributed by atoms with Crippen LogP contribution >= 0.6 is 23.5 Å². The number of anilines is 1. The number of aliphatic imine (C=N–C) groups is 1. The Bertz CT molecular complexity index is 962. The van der Waals surface area contributed by atoms with Gasteiger partial charge in [-0.1, -0.05) is 73.8 Å². The highest BCUT2D eigenvalue weighted by Gasteiger charge is 2.38. The van der Waals surface area contributed by atoms with Gasteiger partial charge in [0.25, 0.3) is 0 Å². The van der Waals surface area contributed by atoms with Crippen molar-refractivity contribution in [2.24, 2.45) is 4.99 Å². The fraction of sp³-hybridized carbons (Fsp3) is 0.273. The molecule has 0 saturated heterocycles. The molecule has 0 amide bonds. The molecule has 0 unspecified atom stereocenters. The van der Waals surface area contributed by atoms with Gasteiger partial charge in [0, 0.05) is 35.7 Å². The van der Waals surface area contributed by atoms with Crippen LogP contribution < -0.4 is 4.90 Å².